The van der Waals surface area contributed by atoms with Gasteiger partial charge in [0.25, 0.3) is 5.91 Å². The van der Waals surface area contributed by atoms with E-state index in [9.17, 15) is 14.7 Å². The standard InChI is InChI=1S/C16H14N2O5S/c19-14(18-13(16(20)21)8-1-2-8)12-6-17-15(24-12)9-3-4-10-11(5-9)23-7-22-10/h3-6,8,13H,1-2,7H2,(H,18,19)(H,20,21). The first-order chi connectivity index (χ1) is 11.6. The first kappa shape index (κ1) is 14.9. The number of ether oxygens (including phenoxy) is 2. The molecule has 2 aromatic rings. The summed E-state index contributed by atoms with van der Waals surface area (Å²) >= 11 is 1.21. The maximum Gasteiger partial charge on any atom is 0.326 e. The van der Waals surface area contributed by atoms with Gasteiger partial charge in [0.15, 0.2) is 11.5 Å². The fraction of sp³-hybridized carbons (Fsp3) is 0.312. The highest BCUT2D eigenvalue weighted by Crippen LogP contribution is 2.37. The quantitative estimate of drug-likeness (QED) is 0.861. The van der Waals surface area contributed by atoms with Crippen molar-refractivity contribution in [2.45, 2.75) is 18.9 Å². The number of fused-ring (bicyclic) bond motifs is 1. The van der Waals surface area contributed by atoms with Crippen molar-refractivity contribution in [2.24, 2.45) is 5.92 Å². The number of thiazole rings is 1. The number of hydrogen-bond acceptors (Lipinski definition) is 6. The molecule has 0 spiro atoms. The maximum absolute atomic E-state index is 12.3. The highest BCUT2D eigenvalue weighted by Gasteiger charge is 2.37. The summed E-state index contributed by atoms with van der Waals surface area (Å²) in [7, 11) is 0. The molecule has 1 aliphatic heterocycles. The first-order valence-corrected chi connectivity index (χ1v) is 8.33. The fourth-order valence-electron chi connectivity index (χ4n) is 2.57. The molecule has 0 saturated heterocycles. The molecule has 1 aromatic heterocycles. The van der Waals surface area contributed by atoms with E-state index in [0.29, 0.717) is 21.4 Å². The largest absolute Gasteiger partial charge is 0.480 e. The molecule has 1 atom stereocenters. The van der Waals surface area contributed by atoms with Crippen LogP contribution in [0.3, 0.4) is 0 Å². The molecule has 0 bridgehead atoms. The van der Waals surface area contributed by atoms with Gasteiger partial charge in [-0.25, -0.2) is 9.78 Å². The Hall–Kier alpha value is -2.61. The number of aromatic nitrogens is 1. The number of carboxylic acid groups (broad SMARTS) is 1. The molecule has 124 valence electrons. The van der Waals surface area contributed by atoms with Crippen LogP contribution in [0.4, 0.5) is 0 Å². The lowest BCUT2D eigenvalue weighted by molar-refractivity contribution is -0.139. The van der Waals surface area contributed by atoms with Crippen LogP contribution in [0.1, 0.15) is 22.5 Å². The third kappa shape index (κ3) is 2.80. The van der Waals surface area contributed by atoms with Gasteiger partial charge in [-0.05, 0) is 37.0 Å². The van der Waals surface area contributed by atoms with Crippen LogP contribution in [0.5, 0.6) is 11.5 Å². The third-order valence-electron chi connectivity index (χ3n) is 4.00. The van der Waals surface area contributed by atoms with Crippen LogP contribution < -0.4 is 14.8 Å². The molecule has 24 heavy (non-hydrogen) atoms. The fourth-order valence-corrected chi connectivity index (χ4v) is 3.38. The Morgan fingerprint density at radius 1 is 1.29 bits per heavy atom. The van der Waals surface area contributed by atoms with Crippen LogP contribution in [-0.2, 0) is 4.79 Å². The molecule has 4 rings (SSSR count). The average molecular weight is 346 g/mol. The Kier molecular flexibility index (Phi) is 3.61. The Morgan fingerprint density at radius 3 is 2.83 bits per heavy atom. The minimum atomic E-state index is -0.994. The molecule has 7 nitrogen and oxygen atoms in total. The number of carbonyl (C=O) groups excluding carboxylic acids is 1. The topological polar surface area (TPSA) is 97.8 Å². The SMILES string of the molecule is O=C(NC(C(=O)O)C1CC1)c1cnc(-c2ccc3c(c2)OCO3)s1. The zero-order valence-electron chi connectivity index (χ0n) is 12.5. The minimum Gasteiger partial charge on any atom is -0.480 e. The molecular formula is C16H14N2O5S. The third-order valence-corrected chi connectivity index (χ3v) is 5.04. The van der Waals surface area contributed by atoms with Crippen molar-refractivity contribution in [3.8, 4) is 22.1 Å². The number of carbonyl (C=O) groups is 2. The van der Waals surface area contributed by atoms with Crippen molar-refractivity contribution >= 4 is 23.2 Å². The van der Waals surface area contributed by atoms with Gasteiger partial charge in [0.05, 0.1) is 6.20 Å². The number of nitrogens with zero attached hydrogens (tertiary/aromatic N) is 1. The lowest BCUT2D eigenvalue weighted by Gasteiger charge is -2.12. The molecule has 2 N–H and O–H groups in total. The van der Waals surface area contributed by atoms with Gasteiger partial charge in [-0.1, -0.05) is 0 Å². The molecule has 0 radical (unpaired) electrons. The van der Waals surface area contributed by atoms with E-state index in [1.807, 2.05) is 12.1 Å². The number of hydrogen-bond donors (Lipinski definition) is 2. The number of benzene rings is 1. The minimum absolute atomic E-state index is 0.0349. The van der Waals surface area contributed by atoms with Crippen LogP contribution >= 0.6 is 11.3 Å². The van der Waals surface area contributed by atoms with Crippen LogP contribution in [0, 0.1) is 5.92 Å². The van der Waals surface area contributed by atoms with Gasteiger partial charge in [0.1, 0.15) is 15.9 Å². The lowest BCUT2D eigenvalue weighted by atomic mass is 10.2. The van der Waals surface area contributed by atoms with E-state index in [-0.39, 0.29) is 12.7 Å². The second-order valence-electron chi connectivity index (χ2n) is 5.72. The summed E-state index contributed by atoms with van der Waals surface area (Å²) in [6.45, 7) is 0.196. The zero-order chi connectivity index (χ0) is 16.7. The summed E-state index contributed by atoms with van der Waals surface area (Å²) in [5.41, 5.74) is 0.820. The highest BCUT2D eigenvalue weighted by atomic mass is 32.1. The van der Waals surface area contributed by atoms with Gasteiger partial charge in [-0.3, -0.25) is 4.79 Å². The second-order valence-corrected chi connectivity index (χ2v) is 6.76. The summed E-state index contributed by atoms with van der Waals surface area (Å²) in [5, 5.41) is 12.5. The number of amides is 1. The zero-order valence-corrected chi connectivity index (χ0v) is 13.3. The Morgan fingerprint density at radius 2 is 2.08 bits per heavy atom. The van der Waals surface area contributed by atoms with Gasteiger partial charge in [0, 0.05) is 5.56 Å². The van der Waals surface area contributed by atoms with Gasteiger partial charge in [-0.2, -0.15) is 0 Å². The molecule has 1 fully saturated rings. The number of rotatable bonds is 5. The summed E-state index contributed by atoms with van der Waals surface area (Å²) in [5.74, 6) is -0.0340. The van der Waals surface area contributed by atoms with Crippen molar-refractivity contribution < 1.29 is 24.2 Å². The monoisotopic (exact) mass is 346 g/mol. The van der Waals surface area contributed by atoms with Gasteiger partial charge >= 0.3 is 5.97 Å². The smallest absolute Gasteiger partial charge is 0.326 e. The summed E-state index contributed by atoms with van der Waals surface area (Å²) in [6, 6.07) is 4.63. The van der Waals surface area contributed by atoms with Crippen molar-refractivity contribution in [3.05, 3.63) is 29.3 Å². The van der Waals surface area contributed by atoms with E-state index < -0.39 is 17.9 Å². The molecule has 8 heteroatoms. The molecule has 1 aliphatic carbocycles. The highest BCUT2D eigenvalue weighted by molar-refractivity contribution is 7.16. The van der Waals surface area contributed by atoms with Gasteiger partial charge in [-0.15, -0.1) is 11.3 Å². The molecular weight excluding hydrogens is 332 g/mol. The summed E-state index contributed by atoms with van der Waals surface area (Å²) in [4.78, 5) is 28.1. The molecule has 1 aromatic carbocycles. The Balaban J connectivity index is 1.52. The van der Waals surface area contributed by atoms with E-state index in [1.54, 1.807) is 6.07 Å². The van der Waals surface area contributed by atoms with E-state index in [1.165, 1.54) is 17.5 Å². The second kappa shape index (κ2) is 5.79. The molecule has 2 aliphatic rings. The molecule has 1 saturated carbocycles. The first-order valence-electron chi connectivity index (χ1n) is 7.51. The Bertz CT molecular complexity index is 815. The van der Waals surface area contributed by atoms with Gasteiger partial charge < -0.3 is 19.9 Å². The predicted molar refractivity (Wildman–Crippen MR) is 85.3 cm³/mol. The maximum atomic E-state index is 12.3. The van der Waals surface area contributed by atoms with Crippen LogP contribution in [0.25, 0.3) is 10.6 Å². The van der Waals surface area contributed by atoms with Crippen LogP contribution in [-0.4, -0.2) is 34.8 Å². The number of aliphatic carboxylic acids is 1. The Labute approximate surface area is 141 Å². The van der Waals surface area contributed by atoms with Crippen molar-refractivity contribution in [1.82, 2.24) is 10.3 Å². The average Bonchev–Trinajstić information content (AvgIpc) is 3.10. The number of nitrogens with one attached hydrogen (secondary N) is 1. The summed E-state index contributed by atoms with van der Waals surface area (Å²) in [6.07, 6.45) is 3.14. The summed E-state index contributed by atoms with van der Waals surface area (Å²) < 4.78 is 10.6. The van der Waals surface area contributed by atoms with Crippen LogP contribution in [0.2, 0.25) is 0 Å². The number of carboxylic acids is 1. The van der Waals surface area contributed by atoms with Crippen molar-refractivity contribution in [2.75, 3.05) is 6.79 Å². The lowest BCUT2D eigenvalue weighted by Crippen LogP contribution is -2.42. The van der Waals surface area contributed by atoms with Crippen LogP contribution in [0.15, 0.2) is 24.4 Å². The molecule has 1 amide bonds. The van der Waals surface area contributed by atoms with Crippen molar-refractivity contribution in [3.63, 3.8) is 0 Å². The normalized spacial score (nSPS) is 16.7. The molecule has 2 heterocycles. The van der Waals surface area contributed by atoms with E-state index in [4.69, 9.17) is 9.47 Å². The van der Waals surface area contributed by atoms with E-state index in [2.05, 4.69) is 10.3 Å². The van der Waals surface area contributed by atoms with E-state index >= 15 is 0 Å². The van der Waals surface area contributed by atoms with Gasteiger partial charge in [0.2, 0.25) is 6.79 Å². The van der Waals surface area contributed by atoms with Crippen molar-refractivity contribution in [1.29, 1.82) is 0 Å². The van der Waals surface area contributed by atoms with E-state index in [0.717, 1.165) is 18.4 Å². The molecule has 1 unspecified atom stereocenters. The predicted octanol–water partition coefficient (Wildman–Crippen LogP) is 2.13.